The van der Waals surface area contributed by atoms with Crippen LogP contribution in [-0.4, -0.2) is 54.3 Å². The number of anilines is 1. The molecule has 0 spiro atoms. The molecule has 0 bridgehead atoms. The molecule has 1 N–H and O–H groups in total. The molecule has 0 aliphatic carbocycles. The number of nitrogens with zero attached hydrogens (tertiary/aromatic N) is 3. The maximum atomic E-state index is 10.1. The van der Waals surface area contributed by atoms with Gasteiger partial charge in [0.1, 0.15) is 5.82 Å². The van der Waals surface area contributed by atoms with E-state index in [0.29, 0.717) is 12.6 Å². The van der Waals surface area contributed by atoms with Crippen LogP contribution in [0.3, 0.4) is 0 Å². The second kappa shape index (κ2) is 5.62. The molecule has 21 heavy (non-hydrogen) atoms. The summed E-state index contributed by atoms with van der Waals surface area (Å²) < 4.78 is 0. The summed E-state index contributed by atoms with van der Waals surface area (Å²) in [7, 11) is 4.15. The van der Waals surface area contributed by atoms with Gasteiger partial charge in [-0.2, -0.15) is 0 Å². The maximum Gasteiger partial charge on any atom is 0.132 e. The molecule has 1 saturated heterocycles. The Bertz CT molecular complexity index is 641. The quantitative estimate of drug-likeness (QED) is 0.937. The van der Waals surface area contributed by atoms with Gasteiger partial charge in [-0.3, -0.25) is 0 Å². The zero-order valence-electron chi connectivity index (χ0n) is 13.0. The number of aliphatic hydroxyl groups is 1. The second-order valence-corrected chi connectivity index (χ2v) is 6.28. The number of benzene rings is 1. The number of fused-ring (bicyclic) bond motifs is 1. The number of hydrogen-bond donors (Lipinski definition) is 1. The zero-order valence-corrected chi connectivity index (χ0v) is 13.0. The Labute approximate surface area is 126 Å². The molecule has 1 aromatic heterocycles. The highest BCUT2D eigenvalue weighted by molar-refractivity contribution is 5.81. The van der Waals surface area contributed by atoms with Gasteiger partial charge in [-0.25, -0.2) is 4.98 Å². The highest BCUT2D eigenvalue weighted by atomic mass is 16.3. The lowest BCUT2D eigenvalue weighted by Crippen LogP contribution is -2.38. The van der Waals surface area contributed by atoms with Crippen LogP contribution in [0.15, 0.2) is 30.3 Å². The molecule has 3 rings (SSSR count). The van der Waals surface area contributed by atoms with Crippen molar-refractivity contribution in [3.05, 3.63) is 35.9 Å². The minimum atomic E-state index is -0.261. The van der Waals surface area contributed by atoms with Crippen LogP contribution < -0.4 is 4.90 Å². The summed E-state index contributed by atoms with van der Waals surface area (Å²) in [5.41, 5.74) is 2.19. The van der Waals surface area contributed by atoms with Crippen molar-refractivity contribution in [1.29, 1.82) is 0 Å². The van der Waals surface area contributed by atoms with Crippen molar-refractivity contribution < 1.29 is 5.11 Å². The summed E-state index contributed by atoms with van der Waals surface area (Å²) in [6.07, 6.45) is 0.550. The molecule has 4 nitrogen and oxygen atoms in total. The van der Waals surface area contributed by atoms with Crippen molar-refractivity contribution in [2.45, 2.75) is 25.5 Å². The number of para-hydroxylation sites is 1. The minimum Gasteiger partial charge on any atom is -0.391 e. The number of aromatic nitrogens is 1. The molecular weight excluding hydrogens is 262 g/mol. The molecule has 2 heterocycles. The van der Waals surface area contributed by atoms with E-state index in [9.17, 15) is 5.11 Å². The Morgan fingerprint density at radius 1 is 1.33 bits per heavy atom. The first-order valence-electron chi connectivity index (χ1n) is 7.50. The van der Waals surface area contributed by atoms with E-state index >= 15 is 0 Å². The Morgan fingerprint density at radius 2 is 2.10 bits per heavy atom. The van der Waals surface area contributed by atoms with Crippen LogP contribution in [-0.2, 0) is 0 Å². The summed E-state index contributed by atoms with van der Waals surface area (Å²) in [5, 5.41) is 11.2. The van der Waals surface area contributed by atoms with E-state index in [1.807, 2.05) is 18.2 Å². The van der Waals surface area contributed by atoms with Gasteiger partial charge < -0.3 is 14.9 Å². The molecule has 112 valence electrons. The van der Waals surface area contributed by atoms with Crippen LogP contribution >= 0.6 is 0 Å². The van der Waals surface area contributed by atoms with E-state index in [0.717, 1.165) is 24.3 Å². The summed E-state index contributed by atoms with van der Waals surface area (Å²) in [5.74, 6) is 1.01. The van der Waals surface area contributed by atoms with Crippen molar-refractivity contribution in [3.8, 4) is 0 Å². The first-order chi connectivity index (χ1) is 10.0. The first kappa shape index (κ1) is 14.3. The van der Waals surface area contributed by atoms with Gasteiger partial charge >= 0.3 is 0 Å². The Hall–Kier alpha value is -1.65. The number of likely N-dealkylation sites (N-methyl/N-ethyl adjacent to an activating group) is 1. The van der Waals surface area contributed by atoms with Crippen LogP contribution in [0.25, 0.3) is 10.9 Å². The summed E-state index contributed by atoms with van der Waals surface area (Å²) in [4.78, 5) is 9.29. The van der Waals surface area contributed by atoms with Crippen molar-refractivity contribution in [1.82, 2.24) is 9.88 Å². The highest BCUT2D eigenvalue weighted by Gasteiger charge is 2.32. The topological polar surface area (TPSA) is 39.6 Å². The van der Waals surface area contributed by atoms with Gasteiger partial charge in [0.2, 0.25) is 0 Å². The number of β-amino-alcohol motifs (C(OH)–C–C–N with tert-alkyl or cyclic N) is 1. The first-order valence-corrected chi connectivity index (χ1v) is 7.50. The molecule has 1 aliphatic heterocycles. The van der Waals surface area contributed by atoms with Crippen molar-refractivity contribution in [2.75, 3.05) is 32.1 Å². The number of pyridine rings is 1. The van der Waals surface area contributed by atoms with Crippen LogP contribution in [0, 0.1) is 6.92 Å². The van der Waals surface area contributed by atoms with Crippen LogP contribution in [0.1, 0.15) is 12.0 Å². The van der Waals surface area contributed by atoms with Gasteiger partial charge in [0.25, 0.3) is 0 Å². The fourth-order valence-electron chi connectivity index (χ4n) is 3.25. The molecule has 2 aromatic rings. The third-order valence-corrected chi connectivity index (χ3v) is 4.13. The number of aliphatic hydroxyl groups excluding tert-OH is 1. The third kappa shape index (κ3) is 2.87. The smallest absolute Gasteiger partial charge is 0.132 e. The molecule has 2 atom stereocenters. The van der Waals surface area contributed by atoms with Crippen LogP contribution in [0.2, 0.25) is 0 Å². The van der Waals surface area contributed by atoms with E-state index < -0.39 is 0 Å². The van der Waals surface area contributed by atoms with Gasteiger partial charge in [-0.1, -0.05) is 18.2 Å². The van der Waals surface area contributed by atoms with Crippen molar-refractivity contribution in [2.24, 2.45) is 0 Å². The second-order valence-electron chi connectivity index (χ2n) is 6.28. The minimum absolute atomic E-state index is 0.261. The maximum absolute atomic E-state index is 10.1. The normalized spacial score (nSPS) is 22.4. The fourth-order valence-corrected chi connectivity index (χ4v) is 3.25. The van der Waals surface area contributed by atoms with Crippen LogP contribution in [0.4, 0.5) is 5.82 Å². The number of aryl methyl sites for hydroxylation is 1. The summed E-state index contributed by atoms with van der Waals surface area (Å²) in [6.45, 7) is 3.71. The van der Waals surface area contributed by atoms with Crippen molar-refractivity contribution >= 4 is 16.7 Å². The predicted molar refractivity (Wildman–Crippen MR) is 86.8 cm³/mol. The standard InChI is InChI=1S/C17H23N3O/c1-12-8-13-6-4-5-7-16(13)18-17(12)20-11-15(21)9-14(20)10-19(2)3/h4-8,14-15,21H,9-11H2,1-3H3. The monoisotopic (exact) mass is 285 g/mol. The molecule has 0 radical (unpaired) electrons. The predicted octanol–water partition coefficient (Wildman–Crippen LogP) is 2.04. The summed E-state index contributed by atoms with van der Waals surface area (Å²) >= 11 is 0. The number of hydrogen-bond acceptors (Lipinski definition) is 4. The molecule has 1 aromatic carbocycles. The lowest BCUT2D eigenvalue weighted by atomic mass is 10.1. The van der Waals surface area contributed by atoms with Gasteiger partial charge in [0.15, 0.2) is 0 Å². The van der Waals surface area contributed by atoms with E-state index in [1.54, 1.807) is 0 Å². The largest absolute Gasteiger partial charge is 0.391 e. The molecule has 1 aliphatic rings. The Balaban J connectivity index is 1.99. The van der Waals surface area contributed by atoms with Gasteiger partial charge in [0.05, 0.1) is 11.6 Å². The third-order valence-electron chi connectivity index (χ3n) is 4.13. The Morgan fingerprint density at radius 3 is 2.86 bits per heavy atom. The SMILES string of the molecule is Cc1cc2ccccc2nc1N1CC(O)CC1CN(C)C. The van der Waals surface area contributed by atoms with Gasteiger partial charge in [-0.05, 0) is 45.1 Å². The van der Waals surface area contributed by atoms with Crippen molar-refractivity contribution in [3.63, 3.8) is 0 Å². The average Bonchev–Trinajstić information content (AvgIpc) is 2.77. The van der Waals surface area contributed by atoms with E-state index in [2.05, 4.69) is 43.0 Å². The van der Waals surface area contributed by atoms with Gasteiger partial charge in [-0.15, -0.1) is 0 Å². The lowest BCUT2D eigenvalue weighted by molar-refractivity contribution is 0.191. The molecule has 1 fully saturated rings. The van der Waals surface area contributed by atoms with Crippen LogP contribution in [0.5, 0.6) is 0 Å². The lowest BCUT2D eigenvalue weighted by Gasteiger charge is -2.29. The van der Waals surface area contributed by atoms with Gasteiger partial charge in [0, 0.05) is 24.5 Å². The molecular formula is C17H23N3O. The highest BCUT2D eigenvalue weighted by Crippen LogP contribution is 2.29. The average molecular weight is 285 g/mol. The molecule has 0 amide bonds. The molecule has 4 heteroatoms. The van der Waals surface area contributed by atoms with E-state index in [-0.39, 0.29) is 6.10 Å². The Kier molecular flexibility index (Phi) is 3.83. The zero-order chi connectivity index (χ0) is 15.0. The molecule has 0 saturated carbocycles. The fraction of sp³-hybridized carbons (Fsp3) is 0.471. The van der Waals surface area contributed by atoms with E-state index in [1.165, 1.54) is 10.9 Å². The number of rotatable bonds is 3. The molecule has 2 unspecified atom stereocenters. The summed E-state index contributed by atoms with van der Waals surface area (Å²) in [6, 6.07) is 10.7. The van der Waals surface area contributed by atoms with E-state index in [4.69, 9.17) is 4.98 Å².